The molecule has 0 atom stereocenters. The molecule has 0 bridgehead atoms. The lowest BCUT2D eigenvalue weighted by Crippen LogP contribution is -2.30. The van der Waals surface area contributed by atoms with Gasteiger partial charge in [-0.3, -0.25) is 4.79 Å². The molecule has 0 unspecified atom stereocenters. The van der Waals surface area contributed by atoms with Gasteiger partial charge >= 0.3 is 0 Å². The minimum atomic E-state index is 0.0282. The summed E-state index contributed by atoms with van der Waals surface area (Å²) in [4.78, 5) is 12.0. The Labute approximate surface area is 103 Å². The average Bonchev–Trinajstić information content (AvgIpc) is 2.31. The molecule has 0 saturated carbocycles. The van der Waals surface area contributed by atoms with E-state index in [1.807, 2.05) is 13.0 Å². The van der Waals surface area contributed by atoms with E-state index >= 15 is 0 Å². The van der Waals surface area contributed by atoms with Gasteiger partial charge in [-0.25, -0.2) is 4.68 Å². The predicted octanol–water partition coefficient (Wildman–Crippen LogP) is 1.89. The maximum atomic E-state index is 12.0. The summed E-state index contributed by atoms with van der Waals surface area (Å²) in [6, 6.07) is 1.93. The number of rotatable bonds is 6. The van der Waals surface area contributed by atoms with Crippen LogP contribution in [0.4, 0.5) is 0 Å². The topological polar surface area (TPSA) is 46.9 Å². The van der Waals surface area contributed by atoms with Crippen LogP contribution < -0.4 is 10.9 Å². The molecule has 1 aromatic heterocycles. The molecule has 0 aromatic carbocycles. The summed E-state index contributed by atoms with van der Waals surface area (Å²) in [7, 11) is 0. The Kier molecular flexibility index (Phi) is 5.35. The highest BCUT2D eigenvalue weighted by atomic mass is 16.1. The minimum absolute atomic E-state index is 0.0282. The number of hydrogen-bond donors (Lipinski definition) is 1. The second-order valence-corrected chi connectivity index (χ2v) is 4.55. The Hall–Kier alpha value is -1.16. The second kappa shape index (κ2) is 6.55. The van der Waals surface area contributed by atoms with E-state index in [1.54, 1.807) is 4.68 Å². The van der Waals surface area contributed by atoms with Crippen LogP contribution in [0.25, 0.3) is 0 Å². The van der Waals surface area contributed by atoms with Gasteiger partial charge in [0.1, 0.15) is 0 Å². The summed E-state index contributed by atoms with van der Waals surface area (Å²) < 4.78 is 1.55. The zero-order chi connectivity index (χ0) is 12.8. The molecule has 17 heavy (non-hydrogen) atoms. The molecule has 0 spiro atoms. The molecule has 0 aliphatic carbocycles. The van der Waals surface area contributed by atoms with Crippen molar-refractivity contribution in [2.45, 2.75) is 53.1 Å². The van der Waals surface area contributed by atoms with Gasteiger partial charge in [0.05, 0.1) is 5.69 Å². The van der Waals surface area contributed by atoms with E-state index < -0.39 is 0 Å². The van der Waals surface area contributed by atoms with Gasteiger partial charge in [0, 0.05) is 18.7 Å². The van der Waals surface area contributed by atoms with E-state index in [9.17, 15) is 4.79 Å². The molecule has 4 heteroatoms. The Bertz CT molecular complexity index is 410. The van der Waals surface area contributed by atoms with E-state index in [0.29, 0.717) is 19.0 Å². The fourth-order valence-corrected chi connectivity index (χ4v) is 1.64. The van der Waals surface area contributed by atoms with Crippen LogP contribution in [0.3, 0.4) is 0 Å². The quantitative estimate of drug-likeness (QED) is 0.769. The third kappa shape index (κ3) is 3.66. The summed E-state index contributed by atoms with van der Waals surface area (Å²) in [6.07, 6.45) is 1.07. The lowest BCUT2D eigenvalue weighted by Gasteiger charge is -2.11. The maximum Gasteiger partial charge on any atom is 0.271 e. The van der Waals surface area contributed by atoms with Crippen LogP contribution in [-0.2, 0) is 13.1 Å². The second-order valence-electron chi connectivity index (χ2n) is 4.55. The van der Waals surface area contributed by atoms with Gasteiger partial charge in [-0.1, -0.05) is 20.8 Å². The monoisotopic (exact) mass is 237 g/mol. The van der Waals surface area contributed by atoms with Gasteiger partial charge in [0.15, 0.2) is 0 Å². The molecule has 0 aliphatic heterocycles. The highest BCUT2D eigenvalue weighted by molar-refractivity contribution is 5.16. The molecule has 0 radical (unpaired) electrons. The third-order valence-electron chi connectivity index (χ3n) is 2.70. The van der Waals surface area contributed by atoms with E-state index in [4.69, 9.17) is 0 Å². The van der Waals surface area contributed by atoms with Crippen LogP contribution in [0.15, 0.2) is 10.9 Å². The minimum Gasteiger partial charge on any atom is -0.312 e. The van der Waals surface area contributed by atoms with Crippen LogP contribution in [0, 0.1) is 0 Å². The van der Waals surface area contributed by atoms with Crippen molar-refractivity contribution in [3.63, 3.8) is 0 Å². The van der Waals surface area contributed by atoms with Gasteiger partial charge in [-0.2, -0.15) is 5.10 Å². The highest BCUT2D eigenvalue weighted by Crippen LogP contribution is 2.10. The molecular weight excluding hydrogens is 214 g/mol. The van der Waals surface area contributed by atoms with Crippen LogP contribution in [0.1, 0.15) is 51.3 Å². The lowest BCUT2D eigenvalue weighted by atomic mass is 10.1. The molecule has 1 heterocycles. The Morgan fingerprint density at radius 1 is 1.41 bits per heavy atom. The van der Waals surface area contributed by atoms with Crippen molar-refractivity contribution >= 4 is 0 Å². The Morgan fingerprint density at radius 3 is 2.65 bits per heavy atom. The zero-order valence-corrected chi connectivity index (χ0v) is 11.3. The van der Waals surface area contributed by atoms with Gasteiger partial charge < -0.3 is 5.32 Å². The third-order valence-corrected chi connectivity index (χ3v) is 2.70. The normalized spacial score (nSPS) is 11.1. The van der Waals surface area contributed by atoms with Crippen molar-refractivity contribution < 1.29 is 0 Å². The fraction of sp³-hybridized carbons (Fsp3) is 0.692. The Morgan fingerprint density at radius 2 is 2.12 bits per heavy atom. The first-order valence-electron chi connectivity index (χ1n) is 6.41. The van der Waals surface area contributed by atoms with Crippen LogP contribution in [-0.4, -0.2) is 16.3 Å². The van der Waals surface area contributed by atoms with Crippen molar-refractivity contribution in [1.82, 2.24) is 15.1 Å². The van der Waals surface area contributed by atoms with Crippen LogP contribution >= 0.6 is 0 Å². The molecular formula is C13H23N3O. The van der Waals surface area contributed by atoms with Crippen molar-refractivity contribution in [2.24, 2.45) is 0 Å². The van der Waals surface area contributed by atoms with Crippen molar-refractivity contribution in [3.05, 3.63) is 27.7 Å². The first kappa shape index (κ1) is 13.9. The number of nitrogens with one attached hydrogen (secondary N) is 1. The van der Waals surface area contributed by atoms with Crippen molar-refractivity contribution in [3.8, 4) is 0 Å². The number of hydrogen-bond acceptors (Lipinski definition) is 3. The number of nitrogens with zero attached hydrogens (tertiary/aromatic N) is 2. The summed E-state index contributed by atoms with van der Waals surface area (Å²) in [5.41, 5.74) is 1.83. The first-order chi connectivity index (χ1) is 8.10. The predicted molar refractivity (Wildman–Crippen MR) is 70.3 cm³/mol. The molecule has 1 rings (SSSR count). The van der Waals surface area contributed by atoms with Crippen molar-refractivity contribution in [2.75, 3.05) is 6.54 Å². The molecule has 1 N–H and O–H groups in total. The highest BCUT2D eigenvalue weighted by Gasteiger charge is 2.09. The van der Waals surface area contributed by atoms with Crippen LogP contribution in [0.5, 0.6) is 0 Å². The average molecular weight is 237 g/mol. The van der Waals surface area contributed by atoms with Crippen LogP contribution in [0.2, 0.25) is 0 Å². The fourth-order valence-electron chi connectivity index (χ4n) is 1.64. The summed E-state index contributed by atoms with van der Waals surface area (Å²) >= 11 is 0. The van der Waals surface area contributed by atoms with E-state index in [2.05, 4.69) is 31.2 Å². The van der Waals surface area contributed by atoms with Gasteiger partial charge in [-0.15, -0.1) is 0 Å². The van der Waals surface area contributed by atoms with E-state index in [0.717, 1.165) is 24.2 Å². The summed E-state index contributed by atoms with van der Waals surface area (Å²) in [5.74, 6) is 0.346. The van der Waals surface area contributed by atoms with Crippen molar-refractivity contribution in [1.29, 1.82) is 0 Å². The summed E-state index contributed by atoms with van der Waals surface area (Å²) in [6.45, 7) is 10.4. The maximum absolute atomic E-state index is 12.0. The number of aryl methyl sites for hydroxylation is 1. The van der Waals surface area contributed by atoms with Gasteiger partial charge in [-0.05, 0) is 31.9 Å². The standard InChI is InChI=1S/C13H23N3O/c1-5-7-14-9-11-8-12(10(3)4)15-16(6-2)13(11)17/h8,10,14H,5-7,9H2,1-4H3. The van der Waals surface area contributed by atoms with Gasteiger partial charge in [0.25, 0.3) is 5.56 Å². The molecule has 0 aliphatic rings. The molecule has 4 nitrogen and oxygen atoms in total. The summed E-state index contributed by atoms with van der Waals surface area (Å²) in [5, 5.41) is 7.62. The largest absolute Gasteiger partial charge is 0.312 e. The van der Waals surface area contributed by atoms with E-state index in [1.165, 1.54) is 0 Å². The smallest absolute Gasteiger partial charge is 0.271 e. The Balaban J connectivity index is 3.01. The lowest BCUT2D eigenvalue weighted by molar-refractivity contribution is 0.567. The zero-order valence-electron chi connectivity index (χ0n) is 11.3. The van der Waals surface area contributed by atoms with Gasteiger partial charge in [0.2, 0.25) is 0 Å². The first-order valence-corrected chi connectivity index (χ1v) is 6.41. The molecule has 96 valence electrons. The molecule has 0 saturated heterocycles. The molecule has 0 amide bonds. The molecule has 0 fully saturated rings. The molecule has 1 aromatic rings. The SMILES string of the molecule is CCCNCc1cc(C(C)C)nn(CC)c1=O. The van der Waals surface area contributed by atoms with E-state index in [-0.39, 0.29) is 5.56 Å². The number of aromatic nitrogens is 2.